The summed E-state index contributed by atoms with van der Waals surface area (Å²) in [5.74, 6) is -0.245. The van der Waals surface area contributed by atoms with Crippen molar-refractivity contribution >= 4 is 17.7 Å². The molecule has 1 unspecified atom stereocenters. The van der Waals surface area contributed by atoms with Gasteiger partial charge in [-0.25, -0.2) is 10.2 Å². The van der Waals surface area contributed by atoms with Gasteiger partial charge in [0.25, 0.3) is 5.91 Å². The van der Waals surface area contributed by atoms with Crippen LogP contribution >= 0.6 is 0 Å². The summed E-state index contributed by atoms with van der Waals surface area (Å²) in [7, 11) is 0. The fourth-order valence-corrected chi connectivity index (χ4v) is 1.99. The maximum absolute atomic E-state index is 12.0. The van der Waals surface area contributed by atoms with Gasteiger partial charge in [-0.15, -0.1) is 0 Å². The predicted octanol–water partition coefficient (Wildman–Crippen LogP) is 0.872. The van der Waals surface area contributed by atoms with Gasteiger partial charge in [0, 0.05) is 6.54 Å². The van der Waals surface area contributed by atoms with Crippen molar-refractivity contribution in [3.05, 3.63) is 0 Å². The predicted molar refractivity (Wildman–Crippen MR) is 61.5 cm³/mol. The van der Waals surface area contributed by atoms with Gasteiger partial charge >= 0.3 is 6.09 Å². The fraction of sp³-hybridized carbons (Fsp3) is 0.727. The molecule has 1 fully saturated rings. The minimum atomic E-state index is -0.571. The molecule has 0 spiro atoms. The van der Waals surface area contributed by atoms with Crippen molar-refractivity contribution < 1.29 is 14.3 Å². The summed E-state index contributed by atoms with van der Waals surface area (Å²) in [6.45, 7) is 5.95. The van der Waals surface area contributed by atoms with Gasteiger partial charge < -0.3 is 4.74 Å². The number of nitrogens with zero attached hydrogens (tertiary/aromatic N) is 2. The molecule has 0 saturated carbocycles. The number of nitrogens with one attached hydrogen (secondary N) is 1. The molecule has 1 saturated heterocycles. The molecule has 0 radical (unpaired) electrons. The Kier molecular flexibility index (Phi) is 2.81. The van der Waals surface area contributed by atoms with E-state index in [0.717, 1.165) is 18.6 Å². The third kappa shape index (κ3) is 2.40. The van der Waals surface area contributed by atoms with E-state index in [1.165, 1.54) is 4.90 Å². The quantitative estimate of drug-likeness (QED) is 0.682. The molecule has 0 aromatic heterocycles. The van der Waals surface area contributed by atoms with Crippen LogP contribution < -0.4 is 5.43 Å². The third-order valence-electron chi connectivity index (χ3n) is 2.65. The topological polar surface area (TPSA) is 71.0 Å². The number of fused-ring (bicyclic) bond motifs is 1. The molecule has 17 heavy (non-hydrogen) atoms. The highest BCUT2D eigenvalue weighted by Gasteiger charge is 2.41. The maximum Gasteiger partial charge on any atom is 0.411 e. The first-order valence-corrected chi connectivity index (χ1v) is 5.74. The SMILES string of the molecule is CC(C)(C)OC(=O)N1CCCC2=NNC(=O)C21. The Morgan fingerprint density at radius 1 is 1.53 bits per heavy atom. The lowest BCUT2D eigenvalue weighted by atomic mass is 10.0. The van der Waals surface area contributed by atoms with Crippen molar-refractivity contribution in [1.82, 2.24) is 10.3 Å². The number of hydrogen-bond acceptors (Lipinski definition) is 4. The molecule has 2 aliphatic rings. The summed E-state index contributed by atoms with van der Waals surface area (Å²) in [5, 5.41) is 3.94. The number of likely N-dealkylation sites (tertiary alicyclic amines) is 1. The summed E-state index contributed by atoms with van der Waals surface area (Å²) in [6.07, 6.45) is 1.11. The van der Waals surface area contributed by atoms with E-state index in [0.29, 0.717) is 6.54 Å². The molecule has 2 amide bonds. The van der Waals surface area contributed by atoms with E-state index in [-0.39, 0.29) is 5.91 Å². The molecule has 0 bridgehead atoms. The van der Waals surface area contributed by atoms with E-state index in [1.807, 2.05) is 0 Å². The Balaban J connectivity index is 2.12. The fourth-order valence-electron chi connectivity index (χ4n) is 1.99. The first-order chi connectivity index (χ1) is 7.88. The molecule has 0 aromatic carbocycles. The van der Waals surface area contributed by atoms with E-state index in [4.69, 9.17) is 4.74 Å². The van der Waals surface area contributed by atoms with Crippen molar-refractivity contribution in [3.63, 3.8) is 0 Å². The van der Waals surface area contributed by atoms with Gasteiger partial charge in [-0.1, -0.05) is 0 Å². The van der Waals surface area contributed by atoms with Crippen molar-refractivity contribution in [1.29, 1.82) is 0 Å². The lowest BCUT2D eigenvalue weighted by molar-refractivity contribution is -0.123. The van der Waals surface area contributed by atoms with Crippen LogP contribution in [0.25, 0.3) is 0 Å². The summed E-state index contributed by atoms with van der Waals surface area (Å²) in [5.41, 5.74) is 2.58. The van der Waals surface area contributed by atoms with Crippen LogP contribution in [0.1, 0.15) is 33.6 Å². The number of hydrazone groups is 1. The lowest BCUT2D eigenvalue weighted by Gasteiger charge is -2.33. The van der Waals surface area contributed by atoms with Gasteiger partial charge in [-0.05, 0) is 33.6 Å². The molecular formula is C11H17N3O3. The van der Waals surface area contributed by atoms with Gasteiger partial charge in [-0.2, -0.15) is 5.10 Å². The summed E-state index contributed by atoms with van der Waals surface area (Å²) in [4.78, 5) is 25.0. The Hall–Kier alpha value is -1.59. The normalized spacial score (nSPS) is 23.9. The molecule has 1 atom stereocenters. The number of piperidine rings is 1. The van der Waals surface area contributed by atoms with Gasteiger partial charge in [-0.3, -0.25) is 9.69 Å². The number of ether oxygens (including phenoxy) is 1. The highest BCUT2D eigenvalue weighted by Crippen LogP contribution is 2.21. The smallest absolute Gasteiger partial charge is 0.411 e. The Morgan fingerprint density at radius 2 is 2.24 bits per heavy atom. The second-order valence-corrected chi connectivity index (χ2v) is 5.26. The molecule has 1 N–H and O–H groups in total. The van der Waals surface area contributed by atoms with Crippen molar-refractivity contribution in [2.45, 2.75) is 45.3 Å². The van der Waals surface area contributed by atoms with Crippen molar-refractivity contribution in [3.8, 4) is 0 Å². The zero-order chi connectivity index (χ0) is 12.6. The molecule has 94 valence electrons. The Bertz CT molecular complexity index is 384. The largest absolute Gasteiger partial charge is 0.444 e. The van der Waals surface area contributed by atoms with Crippen LogP contribution in [0.15, 0.2) is 5.10 Å². The van der Waals surface area contributed by atoms with Gasteiger partial charge in [0.2, 0.25) is 0 Å². The highest BCUT2D eigenvalue weighted by atomic mass is 16.6. The van der Waals surface area contributed by atoms with Crippen LogP contribution in [-0.4, -0.2) is 40.8 Å². The minimum absolute atomic E-state index is 0.245. The number of hydrogen-bond donors (Lipinski definition) is 1. The Morgan fingerprint density at radius 3 is 2.88 bits per heavy atom. The molecule has 2 heterocycles. The summed E-state index contributed by atoms with van der Waals surface area (Å²) >= 11 is 0. The van der Waals surface area contributed by atoms with Crippen LogP contribution in [0.2, 0.25) is 0 Å². The summed E-state index contributed by atoms with van der Waals surface area (Å²) in [6, 6.07) is -0.571. The van der Waals surface area contributed by atoms with Crippen molar-refractivity contribution in [2.75, 3.05) is 6.54 Å². The van der Waals surface area contributed by atoms with E-state index in [1.54, 1.807) is 20.8 Å². The molecule has 6 nitrogen and oxygen atoms in total. The number of carbonyl (C=O) groups is 2. The Labute approximate surface area is 100.0 Å². The molecule has 6 heteroatoms. The average molecular weight is 239 g/mol. The minimum Gasteiger partial charge on any atom is -0.444 e. The van der Waals surface area contributed by atoms with E-state index >= 15 is 0 Å². The zero-order valence-corrected chi connectivity index (χ0v) is 10.3. The zero-order valence-electron chi connectivity index (χ0n) is 10.3. The lowest BCUT2D eigenvalue weighted by Crippen LogP contribution is -2.53. The van der Waals surface area contributed by atoms with Crippen LogP contribution in [0, 0.1) is 0 Å². The standard InChI is InChI=1S/C11H17N3O3/c1-11(2,3)17-10(16)14-6-4-5-7-8(14)9(15)13-12-7/h8H,4-6H2,1-3H3,(H,13,15). The van der Waals surface area contributed by atoms with E-state index in [9.17, 15) is 9.59 Å². The summed E-state index contributed by atoms with van der Waals surface area (Å²) < 4.78 is 5.29. The van der Waals surface area contributed by atoms with Crippen LogP contribution in [0.3, 0.4) is 0 Å². The number of rotatable bonds is 0. The molecule has 0 aromatic rings. The maximum atomic E-state index is 12.0. The van der Waals surface area contributed by atoms with Crippen LogP contribution in [0.5, 0.6) is 0 Å². The number of carbonyl (C=O) groups excluding carboxylic acids is 2. The second kappa shape index (κ2) is 4.01. The third-order valence-corrected chi connectivity index (χ3v) is 2.65. The molecule has 2 rings (SSSR count). The van der Waals surface area contributed by atoms with E-state index in [2.05, 4.69) is 10.5 Å². The van der Waals surface area contributed by atoms with Gasteiger partial charge in [0.05, 0.1) is 5.71 Å². The number of amides is 2. The first-order valence-electron chi connectivity index (χ1n) is 5.74. The van der Waals surface area contributed by atoms with Crippen LogP contribution in [0.4, 0.5) is 4.79 Å². The second-order valence-electron chi connectivity index (χ2n) is 5.26. The van der Waals surface area contributed by atoms with Gasteiger partial charge in [0.15, 0.2) is 6.04 Å². The monoisotopic (exact) mass is 239 g/mol. The highest BCUT2D eigenvalue weighted by molar-refractivity contribution is 6.13. The van der Waals surface area contributed by atoms with E-state index < -0.39 is 17.7 Å². The first kappa shape index (κ1) is 11.9. The van der Waals surface area contributed by atoms with Crippen molar-refractivity contribution in [2.24, 2.45) is 5.10 Å². The molecule has 0 aliphatic carbocycles. The average Bonchev–Trinajstić information content (AvgIpc) is 2.58. The molecule has 2 aliphatic heterocycles. The van der Waals surface area contributed by atoms with Gasteiger partial charge in [0.1, 0.15) is 5.60 Å². The molecular weight excluding hydrogens is 222 g/mol. The van der Waals surface area contributed by atoms with Crippen LogP contribution in [-0.2, 0) is 9.53 Å².